The fourth-order valence-electron chi connectivity index (χ4n) is 2.51. The molecule has 0 spiro atoms. The first kappa shape index (κ1) is 12.9. The highest BCUT2D eigenvalue weighted by molar-refractivity contribution is 5.67. The molecule has 0 radical (unpaired) electrons. The van der Waals surface area contributed by atoms with Crippen LogP contribution in [0.15, 0.2) is 24.3 Å². The fraction of sp³-hybridized carbons (Fsp3) is 0.500. The van der Waals surface area contributed by atoms with Gasteiger partial charge in [-0.15, -0.1) is 0 Å². The van der Waals surface area contributed by atoms with Crippen LogP contribution in [0.2, 0.25) is 0 Å². The van der Waals surface area contributed by atoms with Gasteiger partial charge in [-0.1, -0.05) is 12.1 Å². The maximum absolute atomic E-state index is 10.8. The summed E-state index contributed by atoms with van der Waals surface area (Å²) in [6, 6.07) is 8.04. The lowest BCUT2D eigenvalue weighted by atomic mass is 9.97. The third-order valence-corrected chi connectivity index (χ3v) is 3.61. The number of likely N-dealkylation sites (tertiary alicyclic amines) is 1. The van der Waals surface area contributed by atoms with Gasteiger partial charge in [-0.2, -0.15) is 0 Å². The number of ether oxygens (including phenoxy) is 1. The first-order chi connectivity index (χ1) is 8.69. The molecule has 1 fully saturated rings. The minimum atomic E-state index is -0.893. The Bertz CT molecular complexity index is 411. The van der Waals surface area contributed by atoms with E-state index in [9.17, 15) is 9.90 Å². The standard InChI is InChI=1S/C14H19NO3/c1-18-13-4-2-3-11(9-13)10-15-7-5-12(6-8-15)14(16)17/h2-4,9,12H,5-8,10H2,1H3,(H,16,17). The zero-order valence-corrected chi connectivity index (χ0v) is 10.6. The van der Waals surface area contributed by atoms with E-state index in [-0.39, 0.29) is 5.92 Å². The fourth-order valence-corrected chi connectivity index (χ4v) is 2.51. The zero-order chi connectivity index (χ0) is 13.0. The Labute approximate surface area is 107 Å². The predicted molar refractivity (Wildman–Crippen MR) is 65.1 cm³/mol. The average Bonchev–Trinajstić information content (AvgIpc) is 2.39. The average molecular weight is 249 g/mol. The van der Waals surface area contributed by atoms with Crippen molar-refractivity contribution in [3.8, 4) is 5.75 Å². The normalized spacial score (nSPS) is 23.6. The van der Waals surface area contributed by atoms with Gasteiger partial charge in [-0.25, -0.2) is 0 Å². The number of carboxylic acids is 1. The van der Waals surface area contributed by atoms with E-state index in [1.807, 2.05) is 18.2 Å². The SMILES string of the molecule is COc1cccc(C[NH+]2CCC(C(=O)[O-])CC2)c1. The van der Waals surface area contributed by atoms with Gasteiger partial charge in [-0.3, -0.25) is 0 Å². The van der Waals surface area contributed by atoms with Gasteiger partial charge in [0.05, 0.1) is 20.2 Å². The molecule has 0 saturated carbocycles. The van der Waals surface area contributed by atoms with Crippen LogP contribution >= 0.6 is 0 Å². The highest BCUT2D eigenvalue weighted by Crippen LogP contribution is 2.12. The number of benzene rings is 1. The second kappa shape index (κ2) is 5.87. The summed E-state index contributed by atoms with van der Waals surface area (Å²) in [4.78, 5) is 12.2. The molecular weight excluding hydrogens is 230 g/mol. The molecule has 1 saturated heterocycles. The molecule has 1 aliphatic heterocycles. The number of carboxylic acid groups (broad SMARTS) is 1. The minimum absolute atomic E-state index is 0.251. The highest BCUT2D eigenvalue weighted by atomic mass is 16.5. The largest absolute Gasteiger partial charge is 0.550 e. The summed E-state index contributed by atoms with van der Waals surface area (Å²) in [5.41, 5.74) is 1.23. The summed E-state index contributed by atoms with van der Waals surface area (Å²) in [6.45, 7) is 2.72. The molecule has 0 unspecified atom stereocenters. The summed E-state index contributed by atoms with van der Waals surface area (Å²) in [5, 5.41) is 10.8. The van der Waals surface area contributed by atoms with Gasteiger partial charge in [0, 0.05) is 30.3 Å². The summed E-state index contributed by atoms with van der Waals surface area (Å²) in [6.07, 6.45) is 1.45. The molecule has 18 heavy (non-hydrogen) atoms. The van der Waals surface area contributed by atoms with Crippen LogP contribution in [0.25, 0.3) is 0 Å². The van der Waals surface area contributed by atoms with Crippen LogP contribution in [0.5, 0.6) is 5.75 Å². The summed E-state index contributed by atoms with van der Waals surface area (Å²) in [7, 11) is 1.66. The van der Waals surface area contributed by atoms with Crippen LogP contribution in [0, 0.1) is 5.92 Å². The highest BCUT2D eigenvalue weighted by Gasteiger charge is 2.22. The molecule has 0 aliphatic carbocycles. The Morgan fingerprint density at radius 1 is 1.44 bits per heavy atom. The summed E-state index contributed by atoms with van der Waals surface area (Å²) in [5.74, 6) is -0.272. The minimum Gasteiger partial charge on any atom is -0.550 e. The molecular formula is C14H19NO3. The van der Waals surface area contributed by atoms with Crippen molar-refractivity contribution in [1.29, 1.82) is 0 Å². The lowest BCUT2D eigenvalue weighted by Gasteiger charge is -2.29. The number of nitrogens with one attached hydrogen (secondary N) is 1. The molecule has 1 aromatic carbocycles. The topological polar surface area (TPSA) is 53.8 Å². The van der Waals surface area contributed by atoms with Crippen molar-refractivity contribution >= 4 is 5.97 Å². The smallest absolute Gasteiger partial charge is 0.119 e. The molecule has 0 atom stereocenters. The molecule has 0 aromatic heterocycles. The maximum atomic E-state index is 10.8. The van der Waals surface area contributed by atoms with Gasteiger partial charge < -0.3 is 19.5 Å². The van der Waals surface area contributed by atoms with Crippen LogP contribution in [0.3, 0.4) is 0 Å². The molecule has 4 heteroatoms. The number of methoxy groups -OCH3 is 1. The Balaban J connectivity index is 1.89. The van der Waals surface area contributed by atoms with E-state index >= 15 is 0 Å². The Morgan fingerprint density at radius 2 is 2.17 bits per heavy atom. The molecule has 1 N–H and O–H groups in total. The lowest BCUT2D eigenvalue weighted by molar-refractivity contribution is -0.919. The van der Waals surface area contributed by atoms with Gasteiger partial charge in [0.1, 0.15) is 12.3 Å². The molecule has 0 amide bonds. The number of piperidine rings is 1. The van der Waals surface area contributed by atoms with Gasteiger partial charge in [0.2, 0.25) is 0 Å². The number of carbonyl (C=O) groups is 1. The van der Waals surface area contributed by atoms with Crippen molar-refractivity contribution < 1.29 is 19.5 Å². The number of hydrogen-bond acceptors (Lipinski definition) is 3. The third-order valence-electron chi connectivity index (χ3n) is 3.61. The Morgan fingerprint density at radius 3 is 2.78 bits per heavy atom. The van der Waals surface area contributed by atoms with Gasteiger partial charge in [0.15, 0.2) is 0 Å². The number of aliphatic carboxylic acids is 1. The third kappa shape index (κ3) is 3.23. The van der Waals surface area contributed by atoms with Gasteiger partial charge >= 0.3 is 0 Å². The van der Waals surface area contributed by atoms with E-state index in [0.717, 1.165) is 38.2 Å². The Hall–Kier alpha value is -1.55. The molecule has 1 aliphatic rings. The van der Waals surface area contributed by atoms with Crippen LogP contribution in [0.4, 0.5) is 0 Å². The second-order valence-electron chi connectivity index (χ2n) is 4.87. The van der Waals surface area contributed by atoms with E-state index < -0.39 is 5.97 Å². The number of carbonyl (C=O) groups excluding carboxylic acids is 1. The van der Waals surface area contributed by atoms with Crippen LogP contribution < -0.4 is 14.7 Å². The van der Waals surface area contributed by atoms with Crippen molar-refractivity contribution in [2.45, 2.75) is 19.4 Å². The van der Waals surface area contributed by atoms with Gasteiger partial charge in [0.25, 0.3) is 0 Å². The monoisotopic (exact) mass is 249 g/mol. The maximum Gasteiger partial charge on any atom is 0.119 e. The summed E-state index contributed by atoms with van der Waals surface area (Å²) >= 11 is 0. The molecule has 1 aromatic rings. The molecule has 4 nitrogen and oxygen atoms in total. The van der Waals surface area contributed by atoms with Crippen LogP contribution in [0.1, 0.15) is 18.4 Å². The van der Waals surface area contributed by atoms with Crippen molar-refractivity contribution in [3.05, 3.63) is 29.8 Å². The molecule has 98 valence electrons. The summed E-state index contributed by atoms with van der Waals surface area (Å²) < 4.78 is 5.20. The van der Waals surface area contributed by atoms with E-state index in [1.165, 1.54) is 10.5 Å². The second-order valence-corrected chi connectivity index (χ2v) is 4.87. The molecule has 1 heterocycles. The number of rotatable bonds is 4. The van der Waals surface area contributed by atoms with Crippen molar-refractivity contribution in [2.75, 3.05) is 20.2 Å². The van der Waals surface area contributed by atoms with Gasteiger partial charge in [-0.05, 0) is 12.1 Å². The first-order valence-electron chi connectivity index (χ1n) is 6.36. The Kier molecular flexibility index (Phi) is 4.20. The lowest BCUT2D eigenvalue weighted by Crippen LogP contribution is -3.11. The van der Waals surface area contributed by atoms with Crippen molar-refractivity contribution in [2.24, 2.45) is 5.92 Å². The van der Waals surface area contributed by atoms with E-state index in [0.29, 0.717) is 0 Å². The predicted octanol–water partition coefficient (Wildman–Crippen LogP) is -0.760. The van der Waals surface area contributed by atoms with Crippen LogP contribution in [-0.2, 0) is 11.3 Å². The first-order valence-corrected chi connectivity index (χ1v) is 6.36. The number of quaternary nitrogens is 1. The zero-order valence-electron chi connectivity index (χ0n) is 10.6. The molecule has 2 rings (SSSR count). The van der Waals surface area contributed by atoms with Crippen molar-refractivity contribution in [1.82, 2.24) is 0 Å². The van der Waals surface area contributed by atoms with E-state index in [4.69, 9.17) is 4.74 Å². The van der Waals surface area contributed by atoms with Crippen molar-refractivity contribution in [3.63, 3.8) is 0 Å². The number of hydrogen-bond donors (Lipinski definition) is 1. The van der Waals surface area contributed by atoms with E-state index in [1.54, 1.807) is 7.11 Å². The van der Waals surface area contributed by atoms with E-state index in [2.05, 4.69) is 6.07 Å². The molecule has 0 bridgehead atoms. The van der Waals surface area contributed by atoms with Crippen LogP contribution in [-0.4, -0.2) is 26.2 Å². The quantitative estimate of drug-likeness (QED) is 0.763.